The first-order valence-electron chi connectivity index (χ1n) is 4.68. The van der Waals surface area contributed by atoms with Crippen molar-refractivity contribution in [2.45, 2.75) is 32.7 Å². The molecule has 3 nitrogen and oxygen atoms in total. The van der Waals surface area contributed by atoms with Crippen LogP contribution in [-0.2, 0) is 0 Å². The average Bonchev–Trinajstić information content (AvgIpc) is 2.08. The molecule has 0 amide bonds. The SMILES string of the molecule is Cc1ccc(NC(C)(C)CCCl)nn1. The van der Waals surface area contributed by atoms with Crippen LogP contribution in [0.5, 0.6) is 0 Å². The van der Waals surface area contributed by atoms with Crippen LogP contribution >= 0.6 is 11.6 Å². The summed E-state index contributed by atoms with van der Waals surface area (Å²) in [6.07, 6.45) is 0.893. The zero-order chi connectivity index (χ0) is 10.6. The molecule has 0 saturated carbocycles. The summed E-state index contributed by atoms with van der Waals surface area (Å²) in [5.41, 5.74) is 0.886. The van der Waals surface area contributed by atoms with Gasteiger partial charge in [-0.1, -0.05) is 0 Å². The first-order valence-corrected chi connectivity index (χ1v) is 5.21. The summed E-state index contributed by atoms with van der Waals surface area (Å²) in [6.45, 7) is 6.11. The Morgan fingerprint density at radius 3 is 2.57 bits per heavy atom. The smallest absolute Gasteiger partial charge is 0.149 e. The van der Waals surface area contributed by atoms with Gasteiger partial charge in [-0.25, -0.2) is 0 Å². The van der Waals surface area contributed by atoms with Crippen LogP contribution in [0.15, 0.2) is 12.1 Å². The van der Waals surface area contributed by atoms with Gasteiger partial charge in [0.2, 0.25) is 0 Å². The molecule has 14 heavy (non-hydrogen) atoms. The van der Waals surface area contributed by atoms with E-state index < -0.39 is 0 Å². The van der Waals surface area contributed by atoms with Gasteiger partial charge in [0.1, 0.15) is 5.82 Å². The highest BCUT2D eigenvalue weighted by atomic mass is 35.5. The topological polar surface area (TPSA) is 37.8 Å². The average molecular weight is 214 g/mol. The first-order chi connectivity index (χ1) is 6.53. The van der Waals surface area contributed by atoms with E-state index in [2.05, 4.69) is 29.4 Å². The summed E-state index contributed by atoms with van der Waals surface area (Å²) in [5, 5.41) is 11.3. The highest BCUT2D eigenvalue weighted by Crippen LogP contribution is 2.16. The molecule has 1 rings (SSSR count). The zero-order valence-electron chi connectivity index (χ0n) is 8.84. The van der Waals surface area contributed by atoms with Crippen molar-refractivity contribution in [3.63, 3.8) is 0 Å². The molecule has 1 N–H and O–H groups in total. The van der Waals surface area contributed by atoms with Gasteiger partial charge >= 0.3 is 0 Å². The molecule has 0 radical (unpaired) electrons. The van der Waals surface area contributed by atoms with Crippen molar-refractivity contribution in [2.24, 2.45) is 0 Å². The number of nitrogens with zero attached hydrogens (tertiary/aromatic N) is 2. The van der Waals surface area contributed by atoms with E-state index in [9.17, 15) is 0 Å². The normalized spacial score (nSPS) is 11.4. The molecule has 0 bridgehead atoms. The molecule has 1 aromatic heterocycles. The van der Waals surface area contributed by atoms with Gasteiger partial charge in [-0.3, -0.25) is 0 Å². The molecule has 78 valence electrons. The van der Waals surface area contributed by atoms with Crippen molar-refractivity contribution < 1.29 is 0 Å². The fourth-order valence-corrected chi connectivity index (χ4v) is 1.58. The van der Waals surface area contributed by atoms with Crippen molar-refractivity contribution in [1.29, 1.82) is 0 Å². The Hall–Kier alpha value is -0.830. The minimum absolute atomic E-state index is 0.0360. The number of alkyl halides is 1. The van der Waals surface area contributed by atoms with Crippen LogP contribution in [0.2, 0.25) is 0 Å². The van der Waals surface area contributed by atoms with Crippen molar-refractivity contribution >= 4 is 17.4 Å². The first kappa shape index (κ1) is 11.2. The number of rotatable bonds is 4. The standard InChI is InChI=1S/C10H16ClN3/c1-8-4-5-9(14-13-8)12-10(2,3)6-7-11/h4-5H,6-7H2,1-3H3,(H,12,14). The van der Waals surface area contributed by atoms with Crippen molar-refractivity contribution in [3.8, 4) is 0 Å². The molecule has 0 spiro atoms. The third-order valence-electron chi connectivity index (χ3n) is 1.98. The monoisotopic (exact) mass is 213 g/mol. The Bertz CT molecular complexity index is 282. The largest absolute Gasteiger partial charge is 0.364 e. The predicted molar refractivity (Wildman–Crippen MR) is 59.8 cm³/mol. The Balaban J connectivity index is 2.64. The van der Waals surface area contributed by atoms with E-state index in [1.807, 2.05) is 19.1 Å². The quantitative estimate of drug-likeness (QED) is 0.782. The van der Waals surface area contributed by atoms with E-state index in [0.717, 1.165) is 17.9 Å². The van der Waals surface area contributed by atoms with Crippen molar-refractivity contribution in [1.82, 2.24) is 10.2 Å². The predicted octanol–water partition coefficient (Wildman–Crippen LogP) is 2.60. The second kappa shape index (κ2) is 4.60. The Labute approximate surface area is 89.9 Å². The highest BCUT2D eigenvalue weighted by molar-refractivity contribution is 6.17. The van der Waals surface area contributed by atoms with E-state index in [1.54, 1.807) is 0 Å². The molecule has 0 fully saturated rings. The molecular formula is C10H16ClN3. The maximum atomic E-state index is 5.70. The second-order valence-corrected chi connectivity index (χ2v) is 4.39. The number of hydrogen-bond donors (Lipinski definition) is 1. The van der Waals surface area contributed by atoms with Gasteiger partial charge in [0.05, 0.1) is 5.69 Å². The maximum absolute atomic E-state index is 5.70. The van der Waals surface area contributed by atoms with Crippen LogP contribution in [-0.4, -0.2) is 21.6 Å². The number of aromatic nitrogens is 2. The minimum Gasteiger partial charge on any atom is -0.364 e. The van der Waals surface area contributed by atoms with E-state index in [1.165, 1.54) is 0 Å². The van der Waals surface area contributed by atoms with Gasteiger partial charge in [-0.05, 0) is 39.3 Å². The molecular weight excluding hydrogens is 198 g/mol. The highest BCUT2D eigenvalue weighted by Gasteiger charge is 2.16. The van der Waals surface area contributed by atoms with Crippen molar-refractivity contribution in [2.75, 3.05) is 11.2 Å². The summed E-state index contributed by atoms with van der Waals surface area (Å²) < 4.78 is 0. The second-order valence-electron chi connectivity index (χ2n) is 4.01. The third kappa shape index (κ3) is 3.50. The molecule has 0 aliphatic rings. The van der Waals surface area contributed by atoms with Crippen LogP contribution in [0.4, 0.5) is 5.82 Å². The van der Waals surface area contributed by atoms with E-state index in [-0.39, 0.29) is 5.54 Å². The summed E-state index contributed by atoms with van der Waals surface area (Å²) in [6, 6.07) is 3.87. The lowest BCUT2D eigenvalue weighted by atomic mass is 10.0. The lowest BCUT2D eigenvalue weighted by molar-refractivity contribution is 0.546. The number of anilines is 1. The lowest BCUT2D eigenvalue weighted by Gasteiger charge is -2.25. The van der Waals surface area contributed by atoms with E-state index >= 15 is 0 Å². The van der Waals surface area contributed by atoms with Crippen LogP contribution in [0.25, 0.3) is 0 Å². The van der Waals surface area contributed by atoms with Gasteiger partial charge in [0, 0.05) is 11.4 Å². The molecule has 0 aliphatic carbocycles. The molecule has 0 unspecified atom stereocenters. The minimum atomic E-state index is -0.0360. The Kier molecular flexibility index (Phi) is 3.69. The fourth-order valence-electron chi connectivity index (χ4n) is 1.11. The van der Waals surface area contributed by atoms with Crippen LogP contribution in [0.1, 0.15) is 26.0 Å². The number of nitrogens with one attached hydrogen (secondary N) is 1. The lowest BCUT2D eigenvalue weighted by Crippen LogP contribution is -2.31. The number of hydrogen-bond acceptors (Lipinski definition) is 3. The molecule has 4 heteroatoms. The molecule has 1 aromatic rings. The zero-order valence-corrected chi connectivity index (χ0v) is 9.60. The Morgan fingerprint density at radius 2 is 2.07 bits per heavy atom. The van der Waals surface area contributed by atoms with Gasteiger partial charge in [-0.2, -0.15) is 5.10 Å². The van der Waals surface area contributed by atoms with Gasteiger partial charge < -0.3 is 5.32 Å². The summed E-state index contributed by atoms with van der Waals surface area (Å²) in [7, 11) is 0. The summed E-state index contributed by atoms with van der Waals surface area (Å²) >= 11 is 5.70. The number of halogens is 1. The fraction of sp³-hybridized carbons (Fsp3) is 0.600. The van der Waals surface area contributed by atoms with Crippen LogP contribution in [0.3, 0.4) is 0 Å². The van der Waals surface area contributed by atoms with Crippen molar-refractivity contribution in [3.05, 3.63) is 17.8 Å². The Morgan fingerprint density at radius 1 is 1.36 bits per heavy atom. The molecule has 0 saturated heterocycles. The third-order valence-corrected chi connectivity index (χ3v) is 2.17. The van der Waals surface area contributed by atoms with E-state index in [0.29, 0.717) is 5.88 Å². The van der Waals surface area contributed by atoms with Crippen LogP contribution < -0.4 is 5.32 Å². The molecule has 0 atom stereocenters. The maximum Gasteiger partial charge on any atom is 0.149 e. The number of aryl methyl sites for hydroxylation is 1. The molecule has 0 aliphatic heterocycles. The summed E-state index contributed by atoms with van der Waals surface area (Å²) in [5.74, 6) is 1.44. The summed E-state index contributed by atoms with van der Waals surface area (Å²) in [4.78, 5) is 0. The van der Waals surface area contributed by atoms with Crippen LogP contribution in [0, 0.1) is 6.92 Å². The van der Waals surface area contributed by atoms with Gasteiger partial charge in [-0.15, -0.1) is 16.7 Å². The van der Waals surface area contributed by atoms with Gasteiger partial charge in [0.15, 0.2) is 0 Å². The van der Waals surface area contributed by atoms with E-state index in [4.69, 9.17) is 11.6 Å². The molecule has 1 heterocycles. The van der Waals surface area contributed by atoms with Gasteiger partial charge in [0.25, 0.3) is 0 Å². The molecule has 0 aromatic carbocycles.